The van der Waals surface area contributed by atoms with E-state index in [1.807, 2.05) is 0 Å². The molecule has 2 aliphatic rings. The number of aliphatic carboxylic acids is 1. The standard InChI is InChI=1S/C28H27F3N4O5/c29-28(30,31)23-22(34-25(40-23)16-5-2-1-3-6-16)24(36)33-18-11-9-17(10-12-18)32-19-13-14-35(15-19)26(37)20-7-4-8-21(20)27(38)39/h1-3,5-6,9-12,19-21,32H,4,7-8,13-15H2,(H,33,36)(H,38,39)/t19-,20-,21-/m0/s1. The molecule has 2 amide bonds. The SMILES string of the molecule is O=C(Nc1ccc(N[C@H]2CCN(C(=O)[C@H]3CCC[C@@H]3C(=O)O)C2)cc1)c1nc(-c2ccccc2)oc1C(F)(F)F. The molecular formula is C28H27F3N4O5. The van der Waals surface area contributed by atoms with Crippen molar-refractivity contribution in [1.29, 1.82) is 0 Å². The third-order valence-corrected chi connectivity index (χ3v) is 7.28. The van der Waals surface area contributed by atoms with Gasteiger partial charge in [0.15, 0.2) is 5.69 Å². The van der Waals surface area contributed by atoms with Crippen LogP contribution in [0.25, 0.3) is 11.5 Å². The summed E-state index contributed by atoms with van der Waals surface area (Å²) in [4.78, 5) is 42.6. The summed E-state index contributed by atoms with van der Waals surface area (Å²) in [6.45, 7) is 0.966. The van der Waals surface area contributed by atoms with Crippen LogP contribution in [-0.2, 0) is 15.8 Å². The highest BCUT2D eigenvalue weighted by molar-refractivity contribution is 6.04. The molecule has 40 heavy (non-hydrogen) atoms. The number of amides is 2. The Morgan fingerprint density at radius 3 is 2.30 bits per heavy atom. The van der Waals surface area contributed by atoms with Crippen LogP contribution < -0.4 is 10.6 Å². The molecule has 1 aromatic heterocycles. The monoisotopic (exact) mass is 556 g/mol. The van der Waals surface area contributed by atoms with Gasteiger partial charge in [-0.25, -0.2) is 4.98 Å². The maximum atomic E-state index is 13.6. The fourth-order valence-corrected chi connectivity index (χ4v) is 5.31. The molecular weight excluding hydrogens is 529 g/mol. The van der Waals surface area contributed by atoms with Crippen LogP contribution in [0.2, 0.25) is 0 Å². The van der Waals surface area contributed by atoms with Gasteiger partial charge in [-0.2, -0.15) is 13.2 Å². The number of anilines is 2. The summed E-state index contributed by atoms with van der Waals surface area (Å²) in [5.41, 5.74) is 0.402. The molecule has 0 unspecified atom stereocenters. The van der Waals surface area contributed by atoms with Crippen LogP contribution in [0.5, 0.6) is 0 Å². The molecule has 0 spiro atoms. The van der Waals surface area contributed by atoms with Crippen LogP contribution in [0.3, 0.4) is 0 Å². The van der Waals surface area contributed by atoms with Crippen LogP contribution in [0, 0.1) is 11.8 Å². The second-order valence-electron chi connectivity index (χ2n) is 9.99. The number of rotatable bonds is 7. The number of carbonyl (C=O) groups is 3. The second kappa shape index (κ2) is 11.0. The average molecular weight is 557 g/mol. The first-order valence-corrected chi connectivity index (χ1v) is 12.9. The molecule has 5 rings (SSSR count). The van der Waals surface area contributed by atoms with Gasteiger partial charge in [0.2, 0.25) is 17.6 Å². The lowest BCUT2D eigenvalue weighted by molar-refractivity contribution is -0.153. The van der Waals surface area contributed by atoms with Crippen LogP contribution in [-0.4, -0.2) is 51.9 Å². The summed E-state index contributed by atoms with van der Waals surface area (Å²) in [5.74, 6) is -5.00. The largest absolute Gasteiger partial charge is 0.481 e. The number of carboxylic acids is 1. The lowest BCUT2D eigenvalue weighted by Gasteiger charge is -2.23. The third kappa shape index (κ3) is 5.80. The van der Waals surface area contributed by atoms with Gasteiger partial charge < -0.3 is 25.1 Å². The van der Waals surface area contributed by atoms with Crippen molar-refractivity contribution in [2.75, 3.05) is 23.7 Å². The molecule has 0 radical (unpaired) electrons. The topological polar surface area (TPSA) is 125 Å². The molecule has 3 atom stereocenters. The van der Waals surface area contributed by atoms with E-state index in [0.29, 0.717) is 43.6 Å². The number of halogens is 3. The highest BCUT2D eigenvalue weighted by atomic mass is 19.4. The van der Waals surface area contributed by atoms with Crippen molar-refractivity contribution in [2.45, 2.75) is 37.9 Å². The Kier molecular flexibility index (Phi) is 7.51. The molecule has 9 nitrogen and oxygen atoms in total. The van der Waals surface area contributed by atoms with E-state index in [1.165, 1.54) is 12.1 Å². The molecule has 1 saturated carbocycles. The number of carboxylic acid groups (broad SMARTS) is 1. The maximum Gasteiger partial charge on any atom is 0.452 e. The molecule has 0 bridgehead atoms. The molecule has 1 saturated heterocycles. The van der Waals surface area contributed by atoms with Crippen molar-refractivity contribution in [1.82, 2.24) is 9.88 Å². The van der Waals surface area contributed by atoms with Crippen molar-refractivity contribution in [2.24, 2.45) is 11.8 Å². The Bertz CT molecular complexity index is 1390. The minimum atomic E-state index is -4.91. The number of hydrogen-bond donors (Lipinski definition) is 3. The van der Waals surface area contributed by atoms with Gasteiger partial charge in [-0.05, 0) is 55.7 Å². The van der Waals surface area contributed by atoms with E-state index in [1.54, 1.807) is 47.4 Å². The number of aromatic nitrogens is 1. The Labute approximate surface area is 227 Å². The van der Waals surface area contributed by atoms with Gasteiger partial charge in [-0.1, -0.05) is 24.6 Å². The molecule has 210 valence electrons. The Morgan fingerprint density at radius 2 is 1.62 bits per heavy atom. The van der Waals surface area contributed by atoms with Crippen LogP contribution in [0.15, 0.2) is 59.0 Å². The van der Waals surface area contributed by atoms with E-state index in [4.69, 9.17) is 4.42 Å². The molecule has 3 aromatic rings. The first-order chi connectivity index (χ1) is 19.1. The van der Waals surface area contributed by atoms with Gasteiger partial charge >= 0.3 is 12.1 Å². The number of nitrogens with one attached hydrogen (secondary N) is 2. The summed E-state index contributed by atoms with van der Waals surface area (Å²) in [5, 5.41) is 15.1. The third-order valence-electron chi connectivity index (χ3n) is 7.28. The fraction of sp³-hybridized carbons (Fsp3) is 0.357. The maximum absolute atomic E-state index is 13.6. The highest BCUT2D eigenvalue weighted by Crippen LogP contribution is 2.36. The van der Waals surface area contributed by atoms with Crippen LogP contribution in [0.4, 0.5) is 24.5 Å². The zero-order valence-corrected chi connectivity index (χ0v) is 21.3. The van der Waals surface area contributed by atoms with Gasteiger partial charge in [0.05, 0.1) is 11.8 Å². The van der Waals surface area contributed by atoms with E-state index in [2.05, 4.69) is 15.6 Å². The van der Waals surface area contributed by atoms with Gasteiger partial charge in [-0.3, -0.25) is 14.4 Å². The van der Waals surface area contributed by atoms with E-state index in [-0.39, 0.29) is 23.5 Å². The number of nitrogens with zero attached hydrogens (tertiary/aromatic N) is 2. The smallest absolute Gasteiger partial charge is 0.452 e. The predicted molar refractivity (Wildman–Crippen MR) is 138 cm³/mol. The van der Waals surface area contributed by atoms with Crippen molar-refractivity contribution < 1.29 is 37.1 Å². The molecule has 2 fully saturated rings. The molecule has 2 heterocycles. The number of carbonyl (C=O) groups excluding carboxylic acids is 2. The lowest BCUT2D eigenvalue weighted by Crippen LogP contribution is -2.39. The van der Waals surface area contributed by atoms with E-state index < -0.39 is 41.3 Å². The van der Waals surface area contributed by atoms with Gasteiger partial charge in [0.25, 0.3) is 5.91 Å². The van der Waals surface area contributed by atoms with Crippen molar-refractivity contribution in [3.63, 3.8) is 0 Å². The zero-order valence-electron chi connectivity index (χ0n) is 21.3. The van der Waals surface area contributed by atoms with Crippen molar-refractivity contribution >= 4 is 29.2 Å². The average Bonchev–Trinajstić information content (AvgIpc) is 3.69. The first kappa shape index (κ1) is 27.2. The fourth-order valence-electron chi connectivity index (χ4n) is 5.31. The van der Waals surface area contributed by atoms with Gasteiger partial charge in [0.1, 0.15) is 0 Å². The molecule has 12 heteroatoms. The Balaban J connectivity index is 1.21. The van der Waals surface area contributed by atoms with Gasteiger partial charge in [-0.15, -0.1) is 0 Å². The predicted octanol–water partition coefficient (Wildman–Crippen LogP) is 5.13. The van der Waals surface area contributed by atoms with Crippen molar-refractivity contribution in [3.8, 4) is 11.5 Å². The summed E-state index contributed by atoms with van der Waals surface area (Å²) >= 11 is 0. The number of likely N-dealkylation sites (tertiary alicyclic amines) is 1. The minimum absolute atomic E-state index is 0.0463. The molecule has 1 aliphatic carbocycles. The highest BCUT2D eigenvalue weighted by Gasteiger charge is 2.42. The van der Waals surface area contributed by atoms with E-state index in [9.17, 15) is 32.7 Å². The minimum Gasteiger partial charge on any atom is -0.481 e. The van der Waals surface area contributed by atoms with Crippen LogP contribution in [0.1, 0.15) is 41.9 Å². The zero-order chi connectivity index (χ0) is 28.4. The number of hydrogen-bond acceptors (Lipinski definition) is 6. The molecule has 3 N–H and O–H groups in total. The Hall–Kier alpha value is -4.35. The second-order valence-corrected chi connectivity index (χ2v) is 9.99. The lowest BCUT2D eigenvalue weighted by atomic mass is 9.95. The van der Waals surface area contributed by atoms with E-state index >= 15 is 0 Å². The van der Waals surface area contributed by atoms with Crippen molar-refractivity contribution in [3.05, 3.63) is 66.1 Å². The van der Waals surface area contributed by atoms with Crippen LogP contribution >= 0.6 is 0 Å². The number of oxazole rings is 1. The quantitative estimate of drug-likeness (QED) is 0.369. The molecule has 1 aliphatic heterocycles. The van der Waals surface area contributed by atoms with Gasteiger partial charge in [0, 0.05) is 36.1 Å². The summed E-state index contributed by atoms with van der Waals surface area (Å²) < 4.78 is 45.6. The van der Waals surface area contributed by atoms with E-state index in [0.717, 1.165) is 6.42 Å². The normalized spacial score (nSPS) is 20.9. The number of alkyl halides is 3. The summed E-state index contributed by atoms with van der Waals surface area (Å²) in [6, 6.07) is 14.4. The molecule has 2 aromatic carbocycles. The summed E-state index contributed by atoms with van der Waals surface area (Å²) in [6.07, 6.45) is -2.39. The first-order valence-electron chi connectivity index (χ1n) is 12.9. The number of benzene rings is 2. The summed E-state index contributed by atoms with van der Waals surface area (Å²) in [7, 11) is 0. The Morgan fingerprint density at radius 1 is 0.950 bits per heavy atom.